The molecule has 1 heterocycles. The highest BCUT2D eigenvalue weighted by molar-refractivity contribution is 5.05. The molecule has 1 aliphatic heterocycles. The molecule has 1 saturated heterocycles. The first kappa shape index (κ1) is 10.1. The minimum Gasteiger partial charge on any atom is -0.289 e. The second-order valence-electron chi connectivity index (χ2n) is 4.99. The number of fused-ring (bicyclic) bond motifs is 1. The summed E-state index contributed by atoms with van der Waals surface area (Å²) in [5, 5.41) is 0. The molecule has 1 saturated carbocycles. The van der Waals surface area contributed by atoms with Crippen LogP contribution in [0.15, 0.2) is 0 Å². The zero-order valence-electron chi connectivity index (χ0n) is 9.42. The quantitative estimate of drug-likeness (QED) is 0.576. The van der Waals surface area contributed by atoms with Gasteiger partial charge in [-0.05, 0) is 31.7 Å². The Morgan fingerprint density at radius 3 is 2.93 bits per heavy atom. The van der Waals surface area contributed by atoms with Gasteiger partial charge in [0.2, 0.25) is 0 Å². The second-order valence-corrected chi connectivity index (χ2v) is 4.99. The molecule has 0 aromatic rings. The van der Waals surface area contributed by atoms with Gasteiger partial charge < -0.3 is 0 Å². The van der Waals surface area contributed by atoms with Crippen LogP contribution in [-0.2, 0) is 0 Å². The van der Waals surface area contributed by atoms with Crippen molar-refractivity contribution < 1.29 is 0 Å². The number of hydrogen-bond donors (Lipinski definition) is 0. The third kappa shape index (κ3) is 2.12. The molecule has 0 spiro atoms. The Hall–Kier alpha value is -0.480. The SMILES string of the molecule is CC(C)C#CCN1CCC2CCCC21. The fourth-order valence-electron chi connectivity index (χ4n) is 2.88. The Morgan fingerprint density at radius 1 is 1.29 bits per heavy atom. The Labute approximate surface area is 87.9 Å². The topological polar surface area (TPSA) is 3.24 Å². The minimum absolute atomic E-state index is 0.525. The molecule has 0 amide bonds. The maximum atomic E-state index is 3.32. The van der Waals surface area contributed by atoms with Crippen molar-refractivity contribution in [2.45, 2.75) is 45.6 Å². The zero-order chi connectivity index (χ0) is 9.97. The molecular weight excluding hydrogens is 170 g/mol. The Balaban J connectivity index is 1.85. The van der Waals surface area contributed by atoms with Gasteiger partial charge in [0.1, 0.15) is 0 Å². The largest absolute Gasteiger partial charge is 0.289 e. The van der Waals surface area contributed by atoms with Crippen molar-refractivity contribution in [3.05, 3.63) is 0 Å². The summed E-state index contributed by atoms with van der Waals surface area (Å²) in [4.78, 5) is 2.60. The van der Waals surface area contributed by atoms with E-state index in [1.807, 2.05) is 0 Å². The van der Waals surface area contributed by atoms with Crippen LogP contribution in [0, 0.1) is 23.7 Å². The molecule has 78 valence electrons. The van der Waals surface area contributed by atoms with Crippen molar-refractivity contribution in [1.29, 1.82) is 0 Å². The fourth-order valence-corrected chi connectivity index (χ4v) is 2.88. The molecule has 2 unspecified atom stereocenters. The zero-order valence-corrected chi connectivity index (χ0v) is 9.42. The number of likely N-dealkylation sites (tertiary alicyclic amines) is 1. The van der Waals surface area contributed by atoms with Crippen LogP contribution < -0.4 is 0 Å². The van der Waals surface area contributed by atoms with Gasteiger partial charge in [-0.1, -0.05) is 32.1 Å². The van der Waals surface area contributed by atoms with Crippen LogP contribution in [-0.4, -0.2) is 24.0 Å². The summed E-state index contributed by atoms with van der Waals surface area (Å²) in [6.45, 7) is 6.63. The highest BCUT2D eigenvalue weighted by Crippen LogP contribution is 2.37. The lowest BCUT2D eigenvalue weighted by Gasteiger charge is -2.20. The van der Waals surface area contributed by atoms with E-state index in [1.54, 1.807) is 0 Å². The van der Waals surface area contributed by atoms with Crippen molar-refractivity contribution in [3.8, 4) is 11.8 Å². The normalized spacial score (nSPS) is 31.6. The van der Waals surface area contributed by atoms with E-state index in [4.69, 9.17) is 0 Å². The van der Waals surface area contributed by atoms with Crippen LogP contribution in [0.25, 0.3) is 0 Å². The van der Waals surface area contributed by atoms with Gasteiger partial charge in [-0.2, -0.15) is 0 Å². The third-order valence-corrected chi connectivity index (χ3v) is 3.55. The van der Waals surface area contributed by atoms with E-state index in [2.05, 4.69) is 30.6 Å². The summed E-state index contributed by atoms with van der Waals surface area (Å²) in [7, 11) is 0. The van der Waals surface area contributed by atoms with Crippen LogP contribution in [0.5, 0.6) is 0 Å². The maximum Gasteiger partial charge on any atom is 0.0604 e. The summed E-state index contributed by atoms with van der Waals surface area (Å²) < 4.78 is 0. The van der Waals surface area contributed by atoms with Crippen molar-refractivity contribution in [2.24, 2.45) is 11.8 Å². The van der Waals surface area contributed by atoms with Gasteiger partial charge in [0.05, 0.1) is 6.54 Å². The summed E-state index contributed by atoms with van der Waals surface area (Å²) >= 11 is 0. The van der Waals surface area contributed by atoms with E-state index in [0.29, 0.717) is 5.92 Å². The van der Waals surface area contributed by atoms with Gasteiger partial charge in [-0.25, -0.2) is 0 Å². The standard InChI is InChI=1S/C13H21N/c1-11(2)5-4-9-14-10-8-12-6-3-7-13(12)14/h11-13H,3,6-10H2,1-2H3. The maximum absolute atomic E-state index is 3.32. The van der Waals surface area contributed by atoms with Gasteiger partial charge in [0, 0.05) is 12.0 Å². The van der Waals surface area contributed by atoms with Crippen LogP contribution >= 0.6 is 0 Å². The summed E-state index contributed by atoms with van der Waals surface area (Å²) in [5.41, 5.74) is 0. The lowest BCUT2D eigenvalue weighted by molar-refractivity contribution is 0.270. The highest BCUT2D eigenvalue weighted by Gasteiger charge is 2.36. The van der Waals surface area contributed by atoms with E-state index in [-0.39, 0.29) is 0 Å². The minimum atomic E-state index is 0.525. The third-order valence-electron chi connectivity index (χ3n) is 3.55. The van der Waals surface area contributed by atoms with Crippen molar-refractivity contribution in [2.75, 3.05) is 13.1 Å². The molecule has 2 fully saturated rings. The van der Waals surface area contributed by atoms with Crippen LogP contribution in [0.4, 0.5) is 0 Å². The first-order valence-electron chi connectivity index (χ1n) is 6.00. The molecule has 0 bridgehead atoms. The molecule has 0 radical (unpaired) electrons. The number of rotatable bonds is 1. The molecule has 2 atom stereocenters. The van der Waals surface area contributed by atoms with Gasteiger partial charge in [0.25, 0.3) is 0 Å². The lowest BCUT2D eigenvalue weighted by atomic mass is 10.1. The van der Waals surface area contributed by atoms with E-state index in [9.17, 15) is 0 Å². The predicted octanol–water partition coefficient (Wildman–Crippen LogP) is 2.52. The average molecular weight is 191 g/mol. The molecule has 0 aromatic heterocycles. The molecule has 0 aromatic carbocycles. The van der Waals surface area contributed by atoms with Gasteiger partial charge in [-0.15, -0.1) is 0 Å². The van der Waals surface area contributed by atoms with E-state index < -0.39 is 0 Å². The molecule has 1 aliphatic carbocycles. The summed E-state index contributed by atoms with van der Waals surface area (Å²) in [5.74, 6) is 8.11. The average Bonchev–Trinajstić information content (AvgIpc) is 2.67. The Bertz CT molecular complexity index is 246. The fraction of sp³-hybridized carbons (Fsp3) is 0.846. The molecule has 2 rings (SSSR count). The molecular formula is C13H21N. The first-order valence-corrected chi connectivity index (χ1v) is 6.00. The lowest BCUT2D eigenvalue weighted by Crippen LogP contribution is -2.30. The Morgan fingerprint density at radius 2 is 2.14 bits per heavy atom. The van der Waals surface area contributed by atoms with Gasteiger partial charge in [0.15, 0.2) is 0 Å². The Kier molecular flexibility index (Phi) is 3.13. The van der Waals surface area contributed by atoms with E-state index in [1.165, 1.54) is 32.2 Å². The van der Waals surface area contributed by atoms with Crippen molar-refractivity contribution >= 4 is 0 Å². The molecule has 2 aliphatic rings. The monoisotopic (exact) mass is 191 g/mol. The second kappa shape index (κ2) is 4.36. The van der Waals surface area contributed by atoms with Crippen LogP contribution in [0.2, 0.25) is 0 Å². The number of hydrogen-bond acceptors (Lipinski definition) is 1. The predicted molar refractivity (Wildman–Crippen MR) is 59.9 cm³/mol. The van der Waals surface area contributed by atoms with Gasteiger partial charge >= 0.3 is 0 Å². The molecule has 1 nitrogen and oxygen atoms in total. The number of nitrogens with zero attached hydrogens (tertiary/aromatic N) is 1. The van der Waals surface area contributed by atoms with Crippen molar-refractivity contribution in [3.63, 3.8) is 0 Å². The molecule has 0 N–H and O–H groups in total. The smallest absolute Gasteiger partial charge is 0.0604 e. The van der Waals surface area contributed by atoms with E-state index in [0.717, 1.165) is 18.5 Å². The molecule has 1 heteroatoms. The summed E-state index contributed by atoms with van der Waals surface area (Å²) in [6, 6.07) is 0.886. The van der Waals surface area contributed by atoms with Crippen LogP contribution in [0.1, 0.15) is 39.5 Å². The van der Waals surface area contributed by atoms with Gasteiger partial charge in [-0.3, -0.25) is 4.90 Å². The molecule has 14 heavy (non-hydrogen) atoms. The highest BCUT2D eigenvalue weighted by atomic mass is 15.2. The van der Waals surface area contributed by atoms with E-state index >= 15 is 0 Å². The first-order chi connectivity index (χ1) is 6.77. The van der Waals surface area contributed by atoms with Crippen LogP contribution in [0.3, 0.4) is 0 Å². The van der Waals surface area contributed by atoms with Crippen molar-refractivity contribution in [1.82, 2.24) is 4.90 Å². The summed E-state index contributed by atoms with van der Waals surface area (Å²) in [6.07, 6.45) is 5.77.